The van der Waals surface area contributed by atoms with Gasteiger partial charge in [-0.1, -0.05) is 0 Å². The lowest BCUT2D eigenvalue weighted by Gasteiger charge is -2.23. The Bertz CT molecular complexity index is 371. The van der Waals surface area contributed by atoms with Gasteiger partial charge < -0.3 is 20.1 Å². The summed E-state index contributed by atoms with van der Waals surface area (Å²) in [6, 6.07) is 0. The maximum atomic E-state index is 11.6. The van der Waals surface area contributed by atoms with Gasteiger partial charge in [-0.15, -0.1) is 0 Å². The van der Waals surface area contributed by atoms with E-state index in [9.17, 15) is 14.4 Å². The Hall–Kier alpha value is -1.79. The number of hydrogen-bond acceptors (Lipinski definition) is 5. The number of esters is 1. The van der Waals surface area contributed by atoms with E-state index in [0.717, 1.165) is 0 Å². The number of amides is 2. The van der Waals surface area contributed by atoms with Crippen molar-refractivity contribution in [3.63, 3.8) is 0 Å². The summed E-state index contributed by atoms with van der Waals surface area (Å²) in [4.78, 5) is 34.4. The van der Waals surface area contributed by atoms with Crippen molar-refractivity contribution in [3.05, 3.63) is 0 Å². The third kappa shape index (κ3) is 7.60. The highest BCUT2D eigenvalue weighted by Crippen LogP contribution is 2.06. The van der Waals surface area contributed by atoms with Crippen LogP contribution in [-0.4, -0.2) is 42.8 Å². The van der Waals surface area contributed by atoms with Crippen LogP contribution in [0.3, 0.4) is 0 Å². The molecule has 0 spiro atoms. The van der Waals surface area contributed by atoms with Gasteiger partial charge in [0, 0.05) is 13.0 Å². The summed E-state index contributed by atoms with van der Waals surface area (Å²) in [7, 11) is 1.25. The number of ether oxygens (including phenoxy) is 2. The number of nitrogens with one attached hydrogen (secondary N) is 2. The molecule has 116 valence electrons. The minimum Gasteiger partial charge on any atom is -0.467 e. The third-order valence-corrected chi connectivity index (χ3v) is 2.17. The summed E-state index contributed by atoms with van der Waals surface area (Å²) in [6.45, 7) is 8.45. The van der Waals surface area contributed by atoms with E-state index in [-0.39, 0.29) is 18.9 Å². The van der Waals surface area contributed by atoms with Crippen molar-refractivity contribution >= 4 is 18.0 Å². The van der Waals surface area contributed by atoms with E-state index in [0.29, 0.717) is 0 Å². The van der Waals surface area contributed by atoms with Crippen LogP contribution >= 0.6 is 0 Å². The second-order valence-electron chi connectivity index (χ2n) is 5.84. The average molecular weight is 288 g/mol. The van der Waals surface area contributed by atoms with E-state index in [1.807, 2.05) is 0 Å². The van der Waals surface area contributed by atoms with Gasteiger partial charge in [-0.3, -0.25) is 4.79 Å². The molecule has 0 aliphatic carbocycles. The van der Waals surface area contributed by atoms with Gasteiger partial charge in [0.25, 0.3) is 0 Å². The fourth-order valence-electron chi connectivity index (χ4n) is 1.31. The number of hydrogen-bond donors (Lipinski definition) is 2. The zero-order valence-electron chi connectivity index (χ0n) is 13.0. The van der Waals surface area contributed by atoms with Crippen LogP contribution in [0.1, 0.15) is 41.0 Å². The average Bonchev–Trinajstić information content (AvgIpc) is 2.24. The normalized spacial score (nSPS) is 11.5. The van der Waals surface area contributed by atoms with Gasteiger partial charge in [-0.25, -0.2) is 9.59 Å². The minimum atomic E-state index is -1.10. The quantitative estimate of drug-likeness (QED) is 0.735. The fraction of sp³-hybridized carbons (Fsp3) is 0.769. The maximum absolute atomic E-state index is 11.6. The molecule has 0 aromatic heterocycles. The van der Waals surface area contributed by atoms with Crippen molar-refractivity contribution in [1.82, 2.24) is 10.6 Å². The highest BCUT2D eigenvalue weighted by atomic mass is 16.6. The second-order valence-corrected chi connectivity index (χ2v) is 5.84. The van der Waals surface area contributed by atoms with Crippen molar-refractivity contribution in [3.8, 4) is 0 Å². The molecule has 20 heavy (non-hydrogen) atoms. The molecule has 7 nitrogen and oxygen atoms in total. The van der Waals surface area contributed by atoms with Gasteiger partial charge in [0.15, 0.2) is 0 Å². The molecule has 0 unspecified atom stereocenters. The minimum absolute atomic E-state index is 0.0413. The zero-order valence-corrected chi connectivity index (χ0v) is 13.0. The molecule has 0 aromatic rings. The highest BCUT2D eigenvalue weighted by Gasteiger charge is 2.30. The standard InChI is InChI=1S/C13H24N2O5/c1-12(2,3)20-11(18)14-8-7-9(16)15-13(4,5)10(17)19-6/h7-8H2,1-6H3,(H,14,18)(H,15,16). The van der Waals surface area contributed by atoms with E-state index < -0.39 is 23.2 Å². The van der Waals surface area contributed by atoms with Gasteiger partial charge in [-0.2, -0.15) is 0 Å². The molecule has 2 amide bonds. The summed E-state index contributed by atoms with van der Waals surface area (Å²) in [5, 5.41) is 4.98. The first-order chi connectivity index (χ1) is 8.98. The topological polar surface area (TPSA) is 93.7 Å². The molecule has 0 heterocycles. The third-order valence-electron chi connectivity index (χ3n) is 2.17. The van der Waals surface area contributed by atoms with Crippen molar-refractivity contribution in [2.45, 2.75) is 52.2 Å². The first-order valence-electron chi connectivity index (χ1n) is 6.34. The Labute approximate surface area is 119 Å². The molecular formula is C13H24N2O5. The summed E-state index contributed by atoms with van der Waals surface area (Å²) in [6.07, 6.45) is -0.544. The van der Waals surface area contributed by atoms with Gasteiger partial charge in [0.1, 0.15) is 11.1 Å². The SMILES string of the molecule is COC(=O)C(C)(C)NC(=O)CCNC(=O)OC(C)(C)C. The van der Waals surface area contributed by atoms with E-state index in [1.54, 1.807) is 20.8 Å². The van der Waals surface area contributed by atoms with Crippen LogP contribution in [0.4, 0.5) is 4.79 Å². The van der Waals surface area contributed by atoms with E-state index in [2.05, 4.69) is 15.4 Å². The van der Waals surface area contributed by atoms with E-state index >= 15 is 0 Å². The van der Waals surface area contributed by atoms with Gasteiger partial charge >= 0.3 is 12.1 Å². The van der Waals surface area contributed by atoms with Gasteiger partial charge in [0.2, 0.25) is 5.91 Å². The largest absolute Gasteiger partial charge is 0.467 e. The van der Waals surface area contributed by atoms with Crippen LogP contribution in [0.5, 0.6) is 0 Å². The molecule has 0 rings (SSSR count). The van der Waals surface area contributed by atoms with E-state index in [1.165, 1.54) is 21.0 Å². The molecule has 0 saturated carbocycles. The lowest BCUT2D eigenvalue weighted by Crippen LogP contribution is -2.50. The molecule has 0 bridgehead atoms. The van der Waals surface area contributed by atoms with Crippen molar-refractivity contribution in [2.24, 2.45) is 0 Å². The van der Waals surface area contributed by atoms with Crippen molar-refractivity contribution in [2.75, 3.05) is 13.7 Å². The molecule has 0 radical (unpaired) electrons. The van der Waals surface area contributed by atoms with Crippen LogP contribution in [0.25, 0.3) is 0 Å². The molecule has 7 heteroatoms. The number of carbonyl (C=O) groups excluding carboxylic acids is 3. The Morgan fingerprint density at radius 3 is 2.05 bits per heavy atom. The number of alkyl carbamates (subject to hydrolysis) is 1. The summed E-state index contributed by atoms with van der Waals surface area (Å²) >= 11 is 0. The zero-order chi connectivity index (χ0) is 16.0. The molecule has 0 aromatic carbocycles. The molecule has 0 aliphatic rings. The van der Waals surface area contributed by atoms with Crippen LogP contribution in [0.2, 0.25) is 0 Å². The number of carbonyl (C=O) groups is 3. The van der Waals surface area contributed by atoms with Crippen LogP contribution in [0, 0.1) is 0 Å². The summed E-state index contributed by atoms with van der Waals surface area (Å²) in [5.74, 6) is -0.901. The fourth-order valence-corrected chi connectivity index (χ4v) is 1.31. The Kier molecular flexibility index (Phi) is 6.48. The maximum Gasteiger partial charge on any atom is 0.407 e. The Morgan fingerprint density at radius 2 is 1.60 bits per heavy atom. The first kappa shape index (κ1) is 18.2. The van der Waals surface area contributed by atoms with Crippen LogP contribution < -0.4 is 10.6 Å². The lowest BCUT2D eigenvalue weighted by atomic mass is 10.1. The lowest BCUT2D eigenvalue weighted by molar-refractivity contribution is -0.149. The Morgan fingerprint density at radius 1 is 1.05 bits per heavy atom. The number of methoxy groups -OCH3 is 1. The smallest absolute Gasteiger partial charge is 0.407 e. The molecule has 0 saturated heterocycles. The molecule has 2 N–H and O–H groups in total. The monoisotopic (exact) mass is 288 g/mol. The molecule has 0 fully saturated rings. The molecule has 0 atom stereocenters. The summed E-state index contributed by atoms with van der Waals surface area (Å²) < 4.78 is 9.59. The van der Waals surface area contributed by atoms with Crippen LogP contribution in [0.15, 0.2) is 0 Å². The van der Waals surface area contributed by atoms with E-state index in [4.69, 9.17) is 4.74 Å². The number of rotatable bonds is 5. The predicted molar refractivity (Wildman–Crippen MR) is 73.1 cm³/mol. The highest BCUT2D eigenvalue weighted by molar-refractivity contribution is 5.87. The van der Waals surface area contributed by atoms with Crippen LogP contribution in [-0.2, 0) is 19.1 Å². The van der Waals surface area contributed by atoms with Crippen molar-refractivity contribution in [1.29, 1.82) is 0 Å². The first-order valence-corrected chi connectivity index (χ1v) is 6.34. The molecule has 0 aliphatic heterocycles. The van der Waals surface area contributed by atoms with Crippen molar-refractivity contribution < 1.29 is 23.9 Å². The van der Waals surface area contributed by atoms with Gasteiger partial charge in [-0.05, 0) is 34.6 Å². The molecular weight excluding hydrogens is 264 g/mol. The second kappa shape index (κ2) is 7.12. The summed E-state index contributed by atoms with van der Waals surface area (Å²) in [5.41, 5.74) is -1.68. The van der Waals surface area contributed by atoms with Gasteiger partial charge in [0.05, 0.1) is 7.11 Å². The Balaban J connectivity index is 4.07. The predicted octanol–water partition coefficient (Wildman–Crippen LogP) is 0.969.